The van der Waals surface area contributed by atoms with Gasteiger partial charge in [0.1, 0.15) is 11.9 Å². The quantitative estimate of drug-likeness (QED) is 0.430. The van der Waals surface area contributed by atoms with Crippen molar-refractivity contribution in [3.8, 4) is 6.07 Å². The molecule has 0 unspecified atom stereocenters. The maximum atomic E-state index is 12.5. The van der Waals surface area contributed by atoms with Crippen LogP contribution < -0.4 is 10.0 Å². The van der Waals surface area contributed by atoms with Crippen molar-refractivity contribution in [2.45, 2.75) is 18.7 Å². The van der Waals surface area contributed by atoms with Gasteiger partial charge >= 0.3 is 5.97 Å². The average Bonchev–Trinajstić information content (AvgIpc) is 2.78. The molecule has 1 aromatic heterocycles. The number of methoxy groups -OCH3 is 1. The Morgan fingerprint density at radius 2 is 1.84 bits per heavy atom. The van der Waals surface area contributed by atoms with Crippen LogP contribution in [0.5, 0.6) is 0 Å². The number of carbonyl (C=O) groups is 1. The first-order valence-corrected chi connectivity index (χ1v) is 11.0. The zero-order valence-corrected chi connectivity index (χ0v) is 18.2. The molecule has 0 spiro atoms. The normalized spacial score (nSPS) is 11.2. The van der Waals surface area contributed by atoms with Gasteiger partial charge in [0.15, 0.2) is 0 Å². The minimum Gasteiger partial charge on any atom is -0.465 e. The number of rotatable bonds is 7. The summed E-state index contributed by atoms with van der Waals surface area (Å²) in [6, 6.07) is 13.3. The minimum atomic E-state index is -3.75. The fourth-order valence-electron chi connectivity index (χ4n) is 3.04. The molecule has 0 radical (unpaired) electrons. The Bertz CT molecular complexity index is 1280. The monoisotopic (exact) mass is 438 g/mol. The van der Waals surface area contributed by atoms with E-state index < -0.39 is 16.0 Å². The van der Waals surface area contributed by atoms with Crippen LogP contribution in [0.3, 0.4) is 0 Å². The van der Waals surface area contributed by atoms with Crippen molar-refractivity contribution in [3.05, 3.63) is 64.7 Å². The van der Waals surface area contributed by atoms with E-state index in [2.05, 4.69) is 25.8 Å². The zero-order valence-electron chi connectivity index (χ0n) is 17.4. The zero-order chi connectivity index (χ0) is 22.6. The number of anilines is 1. The van der Waals surface area contributed by atoms with Crippen LogP contribution in [0, 0.1) is 25.2 Å². The molecule has 0 aliphatic heterocycles. The molecule has 0 amide bonds. The molecule has 160 valence electrons. The molecule has 0 saturated heterocycles. The Morgan fingerprint density at radius 3 is 2.48 bits per heavy atom. The van der Waals surface area contributed by atoms with Gasteiger partial charge in [0.2, 0.25) is 10.0 Å². The van der Waals surface area contributed by atoms with Crippen LogP contribution >= 0.6 is 0 Å². The molecule has 2 N–H and O–H groups in total. The summed E-state index contributed by atoms with van der Waals surface area (Å²) < 4.78 is 32.0. The van der Waals surface area contributed by atoms with Crippen molar-refractivity contribution in [3.63, 3.8) is 0 Å². The number of aromatic nitrogens is 1. The topological polar surface area (TPSA) is 121 Å². The maximum Gasteiger partial charge on any atom is 0.337 e. The van der Waals surface area contributed by atoms with Crippen molar-refractivity contribution in [1.29, 1.82) is 5.26 Å². The number of hydrogen-bond donors (Lipinski definition) is 2. The van der Waals surface area contributed by atoms with Crippen LogP contribution in [0.2, 0.25) is 0 Å². The first-order chi connectivity index (χ1) is 14.8. The molecule has 0 bridgehead atoms. The molecule has 8 nitrogen and oxygen atoms in total. The van der Waals surface area contributed by atoms with E-state index in [1.54, 1.807) is 6.07 Å². The number of nitrogens with one attached hydrogen (secondary N) is 2. The summed E-state index contributed by atoms with van der Waals surface area (Å²) in [5.74, 6) is -0.131. The number of nitrogens with zero attached hydrogens (tertiary/aromatic N) is 2. The molecule has 0 aliphatic rings. The van der Waals surface area contributed by atoms with Gasteiger partial charge in [-0.2, -0.15) is 5.26 Å². The molecule has 9 heteroatoms. The van der Waals surface area contributed by atoms with Crippen molar-refractivity contribution in [2.75, 3.05) is 25.5 Å². The first kappa shape index (κ1) is 22.2. The fourth-order valence-corrected chi connectivity index (χ4v) is 4.07. The van der Waals surface area contributed by atoms with E-state index in [1.165, 1.54) is 31.4 Å². The molecule has 3 aromatic rings. The molecule has 2 aromatic carbocycles. The third kappa shape index (κ3) is 4.82. The van der Waals surface area contributed by atoms with E-state index in [0.717, 1.165) is 22.0 Å². The second-order valence-electron chi connectivity index (χ2n) is 6.92. The SMILES string of the molecule is COC(=O)c1ccc(S(=O)(=O)NCCNc2nc3c(C)c(C)ccc3cc2C#N)cc1. The van der Waals surface area contributed by atoms with Gasteiger partial charge < -0.3 is 10.1 Å². The van der Waals surface area contributed by atoms with Gasteiger partial charge in [-0.05, 0) is 55.3 Å². The van der Waals surface area contributed by atoms with Gasteiger partial charge in [-0.25, -0.2) is 22.9 Å². The lowest BCUT2D eigenvalue weighted by Gasteiger charge is -2.12. The largest absolute Gasteiger partial charge is 0.465 e. The second kappa shape index (κ2) is 9.12. The third-order valence-electron chi connectivity index (χ3n) is 4.93. The molecule has 0 fully saturated rings. The van der Waals surface area contributed by atoms with E-state index in [0.29, 0.717) is 11.4 Å². The van der Waals surface area contributed by atoms with Crippen molar-refractivity contribution < 1.29 is 17.9 Å². The number of carbonyl (C=O) groups excluding carboxylic acids is 1. The number of fused-ring (bicyclic) bond motifs is 1. The Hall–Kier alpha value is -3.48. The molecular weight excluding hydrogens is 416 g/mol. The van der Waals surface area contributed by atoms with Crippen molar-refractivity contribution in [1.82, 2.24) is 9.71 Å². The maximum absolute atomic E-state index is 12.5. The number of hydrogen-bond acceptors (Lipinski definition) is 7. The molecule has 31 heavy (non-hydrogen) atoms. The van der Waals surface area contributed by atoms with Gasteiger partial charge in [-0.1, -0.05) is 12.1 Å². The van der Waals surface area contributed by atoms with Gasteiger partial charge in [0, 0.05) is 18.5 Å². The number of ether oxygens (including phenoxy) is 1. The Balaban J connectivity index is 1.68. The average molecular weight is 439 g/mol. The highest BCUT2D eigenvalue weighted by Crippen LogP contribution is 2.24. The Kier molecular flexibility index (Phi) is 6.53. The lowest BCUT2D eigenvalue weighted by molar-refractivity contribution is 0.0600. The number of aryl methyl sites for hydroxylation is 2. The Labute approximate surface area is 180 Å². The first-order valence-electron chi connectivity index (χ1n) is 9.50. The van der Waals surface area contributed by atoms with Crippen LogP contribution in [0.25, 0.3) is 10.9 Å². The van der Waals surface area contributed by atoms with E-state index >= 15 is 0 Å². The minimum absolute atomic E-state index is 0.0350. The predicted molar refractivity (Wildman–Crippen MR) is 117 cm³/mol. The number of nitriles is 1. The fraction of sp³-hybridized carbons (Fsp3) is 0.227. The summed E-state index contributed by atoms with van der Waals surface area (Å²) in [6.07, 6.45) is 0. The summed E-state index contributed by atoms with van der Waals surface area (Å²) in [7, 11) is -2.50. The van der Waals surface area contributed by atoms with Crippen LogP contribution in [0.15, 0.2) is 47.4 Å². The highest BCUT2D eigenvalue weighted by Gasteiger charge is 2.15. The summed E-state index contributed by atoms with van der Waals surface area (Å²) in [6.45, 7) is 4.28. The summed E-state index contributed by atoms with van der Waals surface area (Å²) in [5, 5.41) is 13.4. The van der Waals surface area contributed by atoms with Crippen LogP contribution in [0.4, 0.5) is 5.82 Å². The number of pyridine rings is 1. The predicted octanol–water partition coefficient (Wildman–Crippen LogP) is 2.90. The number of benzene rings is 2. The Morgan fingerprint density at radius 1 is 1.13 bits per heavy atom. The van der Waals surface area contributed by atoms with Crippen molar-refractivity contribution >= 4 is 32.7 Å². The number of sulfonamides is 1. The van der Waals surface area contributed by atoms with Gasteiger partial charge in [-0.3, -0.25) is 0 Å². The summed E-state index contributed by atoms with van der Waals surface area (Å²) in [5.41, 5.74) is 3.58. The standard InChI is InChI=1S/C22H22N4O4S/c1-14-4-5-17-12-18(13-23)21(26-20(17)15(14)2)24-10-11-25-31(28,29)19-8-6-16(7-9-19)22(27)30-3/h4-9,12,25H,10-11H2,1-3H3,(H,24,26). The van der Waals surface area contributed by atoms with E-state index in [4.69, 9.17) is 0 Å². The van der Waals surface area contributed by atoms with Gasteiger partial charge in [0.25, 0.3) is 0 Å². The highest BCUT2D eigenvalue weighted by molar-refractivity contribution is 7.89. The van der Waals surface area contributed by atoms with Crippen LogP contribution in [0.1, 0.15) is 27.0 Å². The smallest absolute Gasteiger partial charge is 0.337 e. The summed E-state index contributed by atoms with van der Waals surface area (Å²) in [4.78, 5) is 16.1. The molecular formula is C22H22N4O4S. The van der Waals surface area contributed by atoms with E-state index in [1.807, 2.05) is 26.0 Å². The molecule has 0 atom stereocenters. The summed E-state index contributed by atoms with van der Waals surface area (Å²) >= 11 is 0. The van der Waals surface area contributed by atoms with Crippen LogP contribution in [-0.2, 0) is 14.8 Å². The third-order valence-corrected chi connectivity index (χ3v) is 6.40. The van der Waals surface area contributed by atoms with E-state index in [-0.39, 0.29) is 23.5 Å². The molecule has 0 saturated carbocycles. The second-order valence-corrected chi connectivity index (χ2v) is 8.68. The van der Waals surface area contributed by atoms with Gasteiger partial charge in [0.05, 0.1) is 28.6 Å². The van der Waals surface area contributed by atoms with Crippen molar-refractivity contribution in [2.24, 2.45) is 0 Å². The lowest BCUT2D eigenvalue weighted by Crippen LogP contribution is -2.29. The lowest BCUT2D eigenvalue weighted by atomic mass is 10.0. The van der Waals surface area contributed by atoms with Crippen LogP contribution in [-0.4, -0.2) is 39.6 Å². The van der Waals surface area contributed by atoms with E-state index in [9.17, 15) is 18.5 Å². The van der Waals surface area contributed by atoms with Gasteiger partial charge in [-0.15, -0.1) is 0 Å². The molecule has 0 aliphatic carbocycles. The highest BCUT2D eigenvalue weighted by atomic mass is 32.2. The molecule has 3 rings (SSSR count). The number of esters is 1. The molecule has 1 heterocycles.